The van der Waals surface area contributed by atoms with E-state index in [2.05, 4.69) is 47.4 Å². The SMILES string of the molecule is Cc1cc(NC(=O)COC(=O)[C@H]2CC(=O)N(NC(=O)c3ccc(C(C)(C)C)cc3)C2)ccc1Br. The van der Waals surface area contributed by atoms with Crippen molar-refractivity contribution >= 4 is 45.3 Å². The lowest BCUT2D eigenvalue weighted by Crippen LogP contribution is -2.43. The van der Waals surface area contributed by atoms with Crippen LogP contribution in [-0.4, -0.2) is 41.9 Å². The van der Waals surface area contributed by atoms with Crippen LogP contribution in [0.15, 0.2) is 46.9 Å². The number of amides is 3. The topological polar surface area (TPSA) is 105 Å². The van der Waals surface area contributed by atoms with Crippen molar-refractivity contribution in [1.82, 2.24) is 10.4 Å². The molecule has 34 heavy (non-hydrogen) atoms. The Morgan fingerprint density at radius 3 is 2.41 bits per heavy atom. The van der Waals surface area contributed by atoms with Gasteiger partial charge in [-0.3, -0.25) is 29.6 Å². The number of hydrogen-bond acceptors (Lipinski definition) is 5. The Balaban J connectivity index is 1.49. The molecular formula is C25H28BrN3O5. The predicted octanol–water partition coefficient (Wildman–Crippen LogP) is 3.73. The van der Waals surface area contributed by atoms with Gasteiger partial charge in [-0.15, -0.1) is 0 Å². The van der Waals surface area contributed by atoms with Crippen LogP contribution in [0.3, 0.4) is 0 Å². The summed E-state index contributed by atoms with van der Waals surface area (Å²) >= 11 is 3.39. The lowest BCUT2D eigenvalue weighted by Gasteiger charge is -2.20. The molecule has 2 aromatic rings. The fraction of sp³-hybridized carbons (Fsp3) is 0.360. The number of hydrazine groups is 1. The van der Waals surface area contributed by atoms with Gasteiger partial charge in [0.2, 0.25) is 5.91 Å². The second kappa shape index (κ2) is 10.4. The minimum absolute atomic E-state index is 0.0169. The van der Waals surface area contributed by atoms with Crippen molar-refractivity contribution in [2.75, 3.05) is 18.5 Å². The van der Waals surface area contributed by atoms with Gasteiger partial charge in [0.1, 0.15) is 0 Å². The molecule has 0 spiro atoms. The molecule has 0 radical (unpaired) electrons. The zero-order valence-electron chi connectivity index (χ0n) is 19.6. The van der Waals surface area contributed by atoms with Gasteiger partial charge in [-0.1, -0.05) is 48.8 Å². The lowest BCUT2D eigenvalue weighted by molar-refractivity contribution is -0.151. The number of aryl methyl sites for hydroxylation is 1. The van der Waals surface area contributed by atoms with E-state index in [9.17, 15) is 19.2 Å². The number of hydrogen-bond donors (Lipinski definition) is 2. The van der Waals surface area contributed by atoms with Gasteiger partial charge in [-0.05, 0) is 53.8 Å². The molecule has 9 heteroatoms. The van der Waals surface area contributed by atoms with Crippen molar-refractivity contribution in [3.05, 3.63) is 63.6 Å². The highest BCUT2D eigenvalue weighted by atomic mass is 79.9. The van der Waals surface area contributed by atoms with Crippen LogP contribution in [0.25, 0.3) is 0 Å². The molecule has 2 aromatic carbocycles. The molecule has 1 fully saturated rings. The molecule has 8 nitrogen and oxygen atoms in total. The van der Waals surface area contributed by atoms with Gasteiger partial charge in [0.05, 0.1) is 12.5 Å². The highest BCUT2D eigenvalue weighted by Crippen LogP contribution is 2.23. The first-order valence-electron chi connectivity index (χ1n) is 10.9. The Kier molecular flexibility index (Phi) is 7.76. The van der Waals surface area contributed by atoms with Crippen LogP contribution >= 0.6 is 15.9 Å². The van der Waals surface area contributed by atoms with E-state index in [1.54, 1.807) is 24.3 Å². The number of rotatable bonds is 6. The van der Waals surface area contributed by atoms with E-state index < -0.39 is 36.2 Å². The molecule has 1 heterocycles. The van der Waals surface area contributed by atoms with Crippen LogP contribution in [0.1, 0.15) is 48.7 Å². The van der Waals surface area contributed by atoms with Gasteiger partial charge >= 0.3 is 5.97 Å². The summed E-state index contributed by atoms with van der Waals surface area (Å²) < 4.78 is 6.01. The number of nitrogens with zero attached hydrogens (tertiary/aromatic N) is 1. The number of nitrogens with one attached hydrogen (secondary N) is 2. The molecule has 1 atom stereocenters. The summed E-state index contributed by atoms with van der Waals surface area (Å²) in [6.07, 6.45) is -0.102. The molecule has 3 amide bonds. The highest BCUT2D eigenvalue weighted by Gasteiger charge is 2.36. The Hall–Kier alpha value is -3.20. The predicted molar refractivity (Wildman–Crippen MR) is 131 cm³/mol. The van der Waals surface area contributed by atoms with Gasteiger partial charge < -0.3 is 10.1 Å². The standard InChI is InChI=1S/C25H28BrN3O5/c1-15-11-19(9-10-20(15)26)27-21(30)14-34-24(33)17-12-22(31)29(13-17)28-23(32)16-5-7-18(8-6-16)25(2,3)4/h5-11,17H,12-14H2,1-4H3,(H,27,30)(H,28,32)/t17-/m0/s1. The first kappa shape index (κ1) is 25.4. The van der Waals surface area contributed by atoms with E-state index in [1.807, 2.05) is 25.1 Å². The van der Waals surface area contributed by atoms with Gasteiger partial charge in [0, 0.05) is 22.1 Å². The fourth-order valence-electron chi connectivity index (χ4n) is 3.46. The minimum atomic E-state index is -0.765. The van der Waals surface area contributed by atoms with Crippen molar-refractivity contribution < 1.29 is 23.9 Å². The summed E-state index contributed by atoms with van der Waals surface area (Å²) in [7, 11) is 0. The summed E-state index contributed by atoms with van der Waals surface area (Å²) in [6, 6.07) is 12.5. The minimum Gasteiger partial charge on any atom is -0.455 e. The van der Waals surface area contributed by atoms with Crippen LogP contribution in [0.4, 0.5) is 5.69 Å². The van der Waals surface area contributed by atoms with Gasteiger partial charge in [0.25, 0.3) is 11.8 Å². The van der Waals surface area contributed by atoms with E-state index in [0.717, 1.165) is 20.6 Å². The second-order valence-electron chi connectivity index (χ2n) is 9.29. The van der Waals surface area contributed by atoms with E-state index in [-0.39, 0.29) is 18.4 Å². The van der Waals surface area contributed by atoms with Crippen LogP contribution in [0.5, 0.6) is 0 Å². The van der Waals surface area contributed by atoms with Gasteiger partial charge in [-0.2, -0.15) is 0 Å². The molecule has 0 aliphatic carbocycles. The molecule has 0 aromatic heterocycles. The Bertz CT molecular complexity index is 1110. The van der Waals surface area contributed by atoms with Crippen LogP contribution in [0.2, 0.25) is 0 Å². The molecule has 1 aliphatic heterocycles. The van der Waals surface area contributed by atoms with Crippen LogP contribution in [0, 0.1) is 12.8 Å². The zero-order valence-corrected chi connectivity index (χ0v) is 21.2. The van der Waals surface area contributed by atoms with E-state index >= 15 is 0 Å². The molecule has 0 bridgehead atoms. The van der Waals surface area contributed by atoms with Crippen molar-refractivity contribution in [3.8, 4) is 0 Å². The number of ether oxygens (including phenoxy) is 1. The third-order valence-electron chi connectivity index (χ3n) is 5.50. The summed E-state index contributed by atoms with van der Waals surface area (Å²) in [5, 5.41) is 3.78. The number of halogens is 1. The van der Waals surface area contributed by atoms with Crippen molar-refractivity contribution in [2.45, 2.75) is 39.5 Å². The summed E-state index contributed by atoms with van der Waals surface area (Å²) in [5.41, 5.74) is 5.54. The Morgan fingerprint density at radius 1 is 1.12 bits per heavy atom. The number of benzene rings is 2. The average molecular weight is 530 g/mol. The maximum atomic E-state index is 12.5. The number of esters is 1. The van der Waals surface area contributed by atoms with Crippen molar-refractivity contribution in [3.63, 3.8) is 0 Å². The van der Waals surface area contributed by atoms with Crippen molar-refractivity contribution in [2.24, 2.45) is 5.92 Å². The van der Waals surface area contributed by atoms with E-state index in [1.165, 1.54) is 0 Å². The van der Waals surface area contributed by atoms with Crippen LogP contribution in [-0.2, 0) is 24.5 Å². The van der Waals surface area contributed by atoms with Gasteiger partial charge in [-0.25, -0.2) is 0 Å². The van der Waals surface area contributed by atoms with E-state index in [0.29, 0.717) is 11.3 Å². The molecule has 0 saturated carbocycles. The first-order chi connectivity index (χ1) is 15.9. The second-order valence-corrected chi connectivity index (χ2v) is 10.1. The lowest BCUT2D eigenvalue weighted by atomic mass is 9.87. The molecule has 2 N–H and O–H groups in total. The third kappa shape index (κ3) is 6.44. The number of anilines is 1. The van der Waals surface area contributed by atoms with Gasteiger partial charge in [0.15, 0.2) is 6.61 Å². The summed E-state index contributed by atoms with van der Waals surface area (Å²) in [4.78, 5) is 49.3. The van der Waals surface area contributed by atoms with E-state index in [4.69, 9.17) is 4.74 Å². The largest absolute Gasteiger partial charge is 0.455 e. The molecule has 1 aliphatic rings. The molecule has 0 unspecified atom stereocenters. The first-order valence-corrected chi connectivity index (χ1v) is 11.7. The molecule has 180 valence electrons. The molecule has 1 saturated heterocycles. The Labute approximate surface area is 207 Å². The fourth-order valence-corrected chi connectivity index (χ4v) is 3.70. The van der Waals surface area contributed by atoms with Crippen molar-refractivity contribution in [1.29, 1.82) is 0 Å². The van der Waals surface area contributed by atoms with Crippen LogP contribution < -0.4 is 10.7 Å². The maximum Gasteiger partial charge on any atom is 0.311 e. The molecule has 3 rings (SSSR count). The monoisotopic (exact) mass is 529 g/mol. The molecular weight excluding hydrogens is 502 g/mol. The average Bonchev–Trinajstić information content (AvgIpc) is 3.14. The Morgan fingerprint density at radius 2 is 1.79 bits per heavy atom. The maximum absolute atomic E-state index is 12.5. The summed E-state index contributed by atoms with van der Waals surface area (Å²) in [5.74, 6) is -2.74. The summed E-state index contributed by atoms with van der Waals surface area (Å²) in [6.45, 7) is 7.64. The quantitative estimate of drug-likeness (QED) is 0.554. The highest BCUT2D eigenvalue weighted by molar-refractivity contribution is 9.10. The third-order valence-corrected chi connectivity index (χ3v) is 6.38. The zero-order chi connectivity index (χ0) is 25.0. The smallest absolute Gasteiger partial charge is 0.311 e. The number of carbonyl (C=O) groups excluding carboxylic acids is 4. The number of carbonyl (C=O) groups is 4. The normalized spacial score (nSPS) is 15.7.